The van der Waals surface area contributed by atoms with Crippen molar-refractivity contribution in [2.75, 3.05) is 13.1 Å². The van der Waals surface area contributed by atoms with Gasteiger partial charge in [0.2, 0.25) is 0 Å². The van der Waals surface area contributed by atoms with Gasteiger partial charge in [-0.15, -0.1) is 0 Å². The zero-order valence-electron chi connectivity index (χ0n) is 7.44. The Bertz CT molecular complexity index is 205. The van der Waals surface area contributed by atoms with Crippen LogP contribution in [0.3, 0.4) is 0 Å². The van der Waals surface area contributed by atoms with Gasteiger partial charge in [-0.05, 0) is 38.3 Å². The third-order valence-electron chi connectivity index (χ3n) is 3.06. The van der Waals surface area contributed by atoms with Crippen LogP contribution >= 0.6 is 0 Å². The Hall–Kier alpha value is -0.410. The molecule has 2 aliphatic heterocycles. The molecule has 0 saturated carbocycles. The van der Waals surface area contributed by atoms with Crippen LogP contribution in [-0.4, -0.2) is 29.0 Å². The van der Waals surface area contributed by atoms with Crippen LogP contribution in [-0.2, 0) is 0 Å². The van der Waals surface area contributed by atoms with Crippen LogP contribution in [0.5, 0.6) is 0 Å². The van der Waals surface area contributed by atoms with Gasteiger partial charge in [-0.1, -0.05) is 0 Å². The summed E-state index contributed by atoms with van der Waals surface area (Å²) < 4.78 is 12.2. The minimum Gasteiger partial charge on any atom is -0.412 e. The number of hydrogen-bond donors (Lipinski definition) is 0. The van der Waals surface area contributed by atoms with Crippen molar-refractivity contribution in [2.45, 2.75) is 31.7 Å². The molecule has 2 nitrogen and oxygen atoms in total. The van der Waals surface area contributed by atoms with E-state index < -0.39 is 0 Å². The highest BCUT2D eigenvalue weighted by Crippen LogP contribution is 2.40. The maximum atomic E-state index is 12.2. The first-order valence-corrected chi connectivity index (χ1v) is 4.28. The van der Waals surface area contributed by atoms with E-state index in [0.29, 0.717) is 5.54 Å². The van der Waals surface area contributed by atoms with Gasteiger partial charge in [0.1, 0.15) is 0 Å². The van der Waals surface area contributed by atoms with Gasteiger partial charge in [-0.25, -0.2) is 4.39 Å². The molecule has 70 valence electrons. The van der Waals surface area contributed by atoms with E-state index in [1.807, 2.05) is 0 Å². The van der Waals surface area contributed by atoms with Crippen LogP contribution in [0.25, 0.3) is 0 Å². The number of nitrogens with zero attached hydrogens (tertiary/aromatic N) is 1. The zero-order valence-corrected chi connectivity index (χ0v) is 7.44. The van der Waals surface area contributed by atoms with E-state index in [9.17, 15) is 4.39 Å². The van der Waals surface area contributed by atoms with Crippen LogP contribution in [0.4, 0.5) is 4.39 Å². The molecule has 2 heterocycles. The lowest BCUT2D eigenvalue weighted by molar-refractivity contribution is 0.218. The van der Waals surface area contributed by atoms with Crippen LogP contribution in [0, 0.1) is 0 Å². The number of fused-ring (bicyclic) bond motifs is 1. The fraction of sp³-hybridized carbons (Fsp3) is 0.778. The number of halogens is 1. The lowest BCUT2D eigenvalue weighted by Crippen LogP contribution is -2.34. The predicted octanol–water partition coefficient (Wildman–Crippen LogP) is 1.27. The largest absolute Gasteiger partial charge is 0.412 e. The van der Waals surface area contributed by atoms with Crippen LogP contribution < -0.4 is 0 Å². The molecular weight excluding hydrogens is 157 g/mol. The predicted molar refractivity (Wildman–Crippen MR) is 46.6 cm³/mol. The highest BCUT2D eigenvalue weighted by molar-refractivity contribution is 5.17. The van der Waals surface area contributed by atoms with E-state index >= 15 is 0 Å². The van der Waals surface area contributed by atoms with Crippen LogP contribution in [0.1, 0.15) is 26.2 Å². The second kappa shape index (κ2) is 3.15. The average molecular weight is 173 g/mol. The molecule has 0 spiro atoms. The third-order valence-corrected chi connectivity index (χ3v) is 3.06. The first-order valence-electron chi connectivity index (χ1n) is 4.28. The van der Waals surface area contributed by atoms with E-state index in [1.54, 1.807) is 0 Å². The fourth-order valence-electron chi connectivity index (χ4n) is 2.41. The van der Waals surface area contributed by atoms with Crippen molar-refractivity contribution in [3.05, 3.63) is 11.9 Å². The minimum atomic E-state index is 0. The Kier molecular flexibility index (Phi) is 2.54. The summed E-state index contributed by atoms with van der Waals surface area (Å²) in [6, 6.07) is 0. The van der Waals surface area contributed by atoms with Crippen molar-refractivity contribution >= 4 is 0 Å². The van der Waals surface area contributed by atoms with E-state index in [0.717, 1.165) is 31.4 Å². The van der Waals surface area contributed by atoms with Gasteiger partial charge in [-0.2, -0.15) is 0 Å². The molecule has 0 aromatic heterocycles. The zero-order chi connectivity index (χ0) is 7.90. The second-order valence-corrected chi connectivity index (χ2v) is 3.97. The molecule has 1 atom stereocenters. The lowest BCUT2D eigenvalue weighted by atomic mass is 9.96. The van der Waals surface area contributed by atoms with E-state index in [-0.39, 0.29) is 5.48 Å². The maximum absolute atomic E-state index is 12.2. The van der Waals surface area contributed by atoms with Gasteiger partial charge < -0.3 is 5.48 Å². The SMILES string of the molecule is C[C@@]12CCCN1C/C(=C/F)C2.O. The van der Waals surface area contributed by atoms with Crippen molar-refractivity contribution in [2.24, 2.45) is 0 Å². The van der Waals surface area contributed by atoms with Crippen molar-refractivity contribution in [3.63, 3.8) is 0 Å². The molecule has 0 bridgehead atoms. The smallest absolute Gasteiger partial charge is 0.0872 e. The van der Waals surface area contributed by atoms with E-state index in [2.05, 4.69) is 11.8 Å². The van der Waals surface area contributed by atoms with Crippen molar-refractivity contribution < 1.29 is 9.87 Å². The van der Waals surface area contributed by atoms with Gasteiger partial charge in [0.25, 0.3) is 0 Å². The van der Waals surface area contributed by atoms with Gasteiger partial charge in [0, 0.05) is 12.1 Å². The number of rotatable bonds is 0. The average Bonchev–Trinajstić information content (AvgIpc) is 2.42. The molecule has 2 N–H and O–H groups in total. The first-order chi connectivity index (χ1) is 5.24. The molecule has 0 aliphatic carbocycles. The van der Waals surface area contributed by atoms with E-state index in [4.69, 9.17) is 0 Å². The standard InChI is InChI=1S/C9H14FN.H2O/c1-9-3-2-4-11(9)7-8(5-9)6-10;/h6H,2-5,7H2,1H3;1H2/b8-6+;/t9-;/m0./s1. The highest BCUT2D eigenvalue weighted by atomic mass is 19.1. The Morgan fingerprint density at radius 2 is 2.33 bits per heavy atom. The first kappa shape index (κ1) is 9.68. The Labute approximate surface area is 72.4 Å². The van der Waals surface area contributed by atoms with Gasteiger partial charge >= 0.3 is 0 Å². The Morgan fingerprint density at radius 1 is 1.58 bits per heavy atom. The Morgan fingerprint density at radius 3 is 2.92 bits per heavy atom. The normalized spacial score (nSPS) is 38.3. The Balaban J connectivity index is 0.000000720. The van der Waals surface area contributed by atoms with Crippen LogP contribution in [0.2, 0.25) is 0 Å². The summed E-state index contributed by atoms with van der Waals surface area (Å²) in [6.07, 6.45) is 4.27. The van der Waals surface area contributed by atoms with E-state index in [1.165, 1.54) is 12.8 Å². The van der Waals surface area contributed by atoms with Crippen molar-refractivity contribution in [1.29, 1.82) is 0 Å². The molecule has 0 aromatic carbocycles. The maximum Gasteiger partial charge on any atom is 0.0872 e. The fourth-order valence-corrected chi connectivity index (χ4v) is 2.41. The van der Waals surface area contributed by atoms with Gasteiger partial charge in [0.05, 0.1) is 6.33 Å². The molecule has 2 rings (SSSR count). The quantitative estimate of drug-likeness (QED) is 0.543. The summed E-state index contributed by atoms with van der Waals surface area (Å²) in [5.74, 6) is 0. The molecule has 0 unspecified atom stereocenters. The second-order valence-electron chi connectivity index (χ2n) is 3.97. The topological polar surface area (TPSA) is 34.7 Å². The molecule has 2 aliphatic rings. The van der Waals surface area contributed by atoms with Crippen molar-refractivity contribution in [3.8, 4) is 0 Å². The summed E-state index contributed by atoms with van der Waals surface area (Å²) in [7, 11) is 0. The highest BCUT2D eigenvalue weighted by Gasteiger charge is 2.42. The molecule has 0 aromatic rings. The third kappa shape index (κ3) is 1.27. The monoisotopic (exact) mass is 173 g/mol. The van der Waals surface area contributed by atoms with Gasteiger partial charge in [-0.3, -0.25) is 4.90 Å². The van der Waals surface area contributed by atoms with Gasteiger partial charge in [0.15, 0.2) is 0 Å². The molecule has 12 heavy (non-hydrogen) atoms. The molecular formula is C9H16FNO. The summed E-state index contributed by atoms with van der Waals surface area (Å²) in [5.41, 5.74) is 1.28. The minimum absolute atomic E-state index is 0. The molecule has 0 amide bonds. The molecule has 0 radical (unpaired) electrons. The summed E-state index contributed by atoms with van der Waals surface area (Å²) in [6.45, 7) is 4.28. The van der Waals surface area contributed by atoms with Crippen LogP contribution in [0.15, 0.2) is 11.9 Å². The van der Waals surface area contributed by atoms with Crippen molar-refractivity contribution in [1.82, 2.24) is 4.90 Å². The summed E-state index contributed by atoms with van der Waals surface area (Å²) in [5, 5.41) is 0. The molecule has 2 saturated heterocycles. The summed E-state index contributed by atoms with van der Waals surface area (Å²) in [4.78, 5) is 2.40. The molecule has 2 fully saturated rings. The summed E-state index contributed by atoms with van der Waals surface area (Å²) >= 11 is 0. The lowest BCUT2D eigenvalue weighted by Gasteiger charge is -2.25. The molecule has 3 heteroatoms. The number of hydrogen-bond acceptors (Lipinski definition) is 1.